The molecule has 2 aromatic carbocycles. The Balaban J connectivity index is 1.50. The van der Waals surface area contributed by atoms with Gasteiger partial charge in [-0.15, -0.1) is 0 Å². The van der Waals surface area contributed by atoms with Crippen molar-refractivity contribution in [2.24, 2.45) is 0 Å². The number of nitro groups is 1. The van der Waals surface area contributed by atoms with Crippen LogP contribution in [0.5, 0.6) is 0 Å². The highest BCUT2D eigenvalue weighted by atomic mass is 16.6. The van der Waals surface area contributed by atoms with Crippen LogP contribution < -0.4 is 5.32 Å². The number of anilines is 1. The van der Waals surface area contributed by atoms with Gasteiger partial charge in [0, 0.05) is 31.0 Å². The van der Waals surface area contributed by atoms with E-state index < -0.39 is 4.92 Å². The molecule has 0 saturated heterocycles. The van der Waals surface area contributed by atoms with Gasteiger partial charge < -0.3 is 9.88 Å². The molecule has 0 aliphatic heterocycles. The molecule has 2 aromatic heterocycles. The Labute approximate surface area is 174 Å². The zero-order chi connectivity index (χ0) is 20.9. The van der Waals surface area contributed by atoms with Crippen molar-refractivity contribution < 1.29 is 4.92 Å². The molecule has 1 N–H and O–H groups in total. The van der Waals surface area contributed by atoms with E-state index in [1.165, 1.54) is 11.8 Å². The van der Waals surface area contributed by atoms with Gasteiger partial charge in [-0.1, -0.05) is 48.5 Å². The van der Waals surface area contributed by atoms with Gasteiger partial charge in [-0.25, -0.2) is 9.97 Å². The molecule has 0 bridgehead atoms. The van der Waals surface area contributed by atoms with Crippen LogP contribution in [0, 0.1) is 17.0 Å². The molecule has 30 heavy (non-hydrogen) atoms. The first kappa shape index (κ1) is 19.3. The molecule has 7 nitrogen and oxygen atoms in total. The topological polar surface area (TPSA) is 85.9 Å². The summed E-state index contributed by atoms with van der Waals surface area (Å²) in [5.41, 5.74) is 5.21. The quantitative estimate of drug-likeness (QED) is 0.356. The lowest BCUT2D eigenvalue weighted by molar-refractivity contribution is -0.385. The van der Waals surface area contributed by atoms with Crippen molar-refractivity contribution in [1.29, 1.82) is 0 Å². The first-order chi connectivity index (χ1) is 14.6. The molecule has 0 saturated carbocycles. The van der Waals surface area contributed by atoms with Gasteiger partial charge in [0.2, 0.25) is 0 Å². The summed E-state index contributed by atoms with van der Waals surface area (Å²) in [5, 5.41) is 14.2. The molecule has 2 heterocycles. The molecule has 0 radical (unpaired) electrons. The Morgan fingerprint density at radius 1 is 1.13 bits per heavy atom. The number of aromatic nitrogens is 3. The van der Waals surface area contributed by atoms with E-state index >= 15 is 0 Å². The Kier molecular flexibility index (Phi) is 5.52. The Morgan fingerprint density at radius 3 is 2.63 bits per heavy atom. The number of hydrogen-bond donors (Lipinski definition) is 1. The summed E-state index contributed by atoms with van der Waals surface area (Å²) in [7, 11) is 0. The fourth-order valence-corrected chi connectivity index (χ4v) is 3.36. The van der Waals surface area contributed by atoms with Crippen LogP contribution in [0.15, 0.2) is 79.5 Å². The number of imidazole rings is 1. The molecule has 150 valence electrons. The van der Waals surface area contributed by atoms with Crippen LogP contribution in [0.25, 0.3) is 11.1 Å². The predicted molar refractivity (Wildman–Crippen MR) is 116 cm³/mol. The minimum absolute atomic E-state index is 0.0248. The maximum Gasteiger partial charge on any atom is 0.290 e. The van der Waals surface area contributed by atoms with Gasteiger partial charge in [0.05, 0.1) is 11.3 Å². The molecule has 0 aliphatic carbocycles. The van der Waals surface area contributed by atoms with Gasteiger partial charge in [0.15, 0.2) is 0 Å². The van der Waals surface area contributed by atoms with Crippen LogP contribution in [-0.2, 0) is 13.1 Å². The van der Waals surface area contributed by atoms with Crippen molar-refractivity contribution in [1.82, 2.24) is 14.5 Å². The number of hydrogen-bond acceptors (Lipinski definition) is 5. The fourth-order valence-electron chi connectivity index (χ4n) is 3.36. The third-order valence-electron chi connectivity index (χ3n) is 4.95. The number of aryl methyl sites for hydroxylation is 1. The monoisotopic (exact) mass is 399 g/mol. The molecular formula is C23H21N5O2. The van der Waals surface area contributed by atoms with E-state index in [1.54, 1.807) is 19.2 Å². The third kappa shape index (κ3) is 4.35. The van der Waals surface area contributed by atoms with Crippen LogP contribution in [-0.4, -0.2) is 19.5 Å². The lowest BCUT2D eigenvalue weighted by atomic mass is 9.98. The number of pyridine rings is 1. The van der Waals surface area contributed by atoms with Crippen molar-refractivity contribution in [2.45, 2.75) is 20.0 Å². The highest BCUT2D eigenvalue weighted by Gasteiger charge is 2.12. The number of nitrogens with zero attached hydrogens (tertiary/aromatic N) is 4. The normalized spacial score (nSPS) is 10.7. The van der Waals surface area contributed by atoms with E-state index in [-0.39, 0.29) is 5.69 Å². The maximum atomic E-state index is 11.0. The van der Waals surface area contributed by atoms with Crippen LogP contribution in [0.4, 0.5) is 11.5 Å². The van der Waals surface area contributed by atoms with Crippen molar-refractivity contribution in [3.8, 4) is 11.1 Å². The van der Waals surface area contributed by atoms with Crippen LogP contribution in [0.2, 0.25) is 0 Å². The summed E-state index contributed by atoms with van der Waals surface area (Å²) in [6.07, 6.45) is 6.83. The predicted octanol–water partition coefficient (Wildman–Crippen LogP) is 4.82. The van der Waals surface area contributed by atoms with Gasteiger partial charge >= 0.3 is 0 Å². The fraction of sp³-hybridized carbons (Fsp3) is 0.130. The number of benzene rings is 2. The van der Waals surface area contributed by atoms with Gasteiger partial charge in [0.25, 0.3) is 5.69 Å². The highest BCUT2D eigenvalue weighted by Crippen LogP contribution is 2.26. The largest absolute Gasteiger partial charge is 0.366 e. The summed E-state index contributed by atoms with van der Waals surface area (Å²) in [4.78, 5) is 18.8. The van der Waals surface area contributed by atoms with E-state index in [4.69, 9.17) is 0 Å². The van der Waals surface area contributed by atoms with E-state index in [0.717, 1.165) is 23.2 Å². The minimum atomic E-state index is -0.419. The zero-order valence-corrected chi connectivity index (χ0v) is 16.5. The summed E-state index contributed by atoms with van der Waals surface area (Å²) in [6, 6.07) is 18.4. The first-order valence-electron chi connectivity index (χ1n) is 9.58. The van der Waals surface area contributed by atoms with Gasteiger partial charge in [0.1, 0.15) is 12.0 Å². The Morgan fingerprint density at radius 2 is 1.93 bits per heavy atom. The Hall–Kier alpha value is -4.00. The number of nitrogens with one attached hydrogen (secondary N) is 1. The Bertz CT molecular complexity index is 1150. The van der Waals surface area contributed by atoms with E-state index in [1.807, 2.05) is 29.2 Å². The molecular weight excluding hydrogens is 378 g/mol. The molecule has 0 unspecified atom stereocenters. The average molecular weight is 399 g/mol. The smallest absolute Gasteiger partial charge is 0.290 e. The second-order valence-electron chi connectivity index (χ2n) is 7.06. The molecule has 0 spiro atoms. The lowest BCUT2D eigenvalue weighted by Crippen LogP contribution is -2.04. The molecule has 0 aliphatic rings. The molecule has 4 rings (SSSR count). The SMILES string of the molecule is Cc1cc(NCc2ccccc2-c2ccc(Cn3ccnc3)cc2)ncc1[N+](=O)[O-]. The summed E-state index contributed by atoms with van der Waals surface area (Å²) >= 11 is 0. The van der Waals surface area contributed by atoms with Gasteiger partial charge in [-0.2, -0.15) is 0 Å². The van der Waals surface area contributed by atoms with Crippen molar-refractivity contribution in [2.75, 3.05) is 5.32 Å². The second-order valence-corrected chi connectivity index (χ2v) is 7.06. The maximum absolute atomic E-state index is 11.0. The molecule has 0 amide bonds. The number of rotatable bonds is 7. The van der Waals surface area contributed by atoms with E-state index in [2.05, 4.69) is 51.7 Å². The van der Waals surface area contributed by atoms with E-state index in [0.29, 0.717) is 17.9 Å². The van der Waals surface area contributed by atoms with Crippen LogP contribution >= 0.6 is 0 Å². The standard InChI is InChI=1S/C23H21N5O2/c1-17-12-23(26-14-22(17)28(29)30)25-13-20-4-2-3-5-21(20)19-8-6-18(7-9-19)15-27-11-10-24-16-27/h2-12,14,16H,13,15H2,1H3,(H,25,26). The molecule has 4 aromatic rings. The molecule has 7 heteroatoms. The second kappa shape index (κ2) is 8.57. The summed E-state index contributed by atoms with van der Waals surface area (Å²) in [5.74, 6) is 0.614. The first-order valence-corrected chi connectivity index (χ1v) is 9.58. The van der Waals surface area contributed by atoms with Gasteiger partial charge in [-0.3, -0.25) is 10.1 Å². The molecule has 0 fully saturated rings. The average Bonchev–Trinajstić information content (AvgIpc) is 3.26. The minimum Gasteiger partial charge on any atom is -0.366 e. The zero-order valence-electron chi connectivity index (χ0n) is 16.5. The lowest BCUT2D eigenvalue weighted by Gasteiger charge is -2.12. The van der Waals surface area contributed by atoms with Crippen LogP contribution in [0.3, 0.4) is 0 Å². The van der Waals surface area contributed by atoms with E-state index in [9.17, 15) is 10.1 Å². The summed E-state index contributed by atoms with van der Waals surface area (Å²) < 4.78 is 2.03. The third-order valence-corrected chi connectivity index (χ3v) is 4.95. The summed E-state index contributed by atoms with van der Waals surface area (Å²) in [6.45, 7) is 3.07. The van der Waals surface area contributed by atoms with Crippen molar-refractivity contribution in [3.63, 3.8) is 0 Å². The van der Waals surface area contributed by atoms with Crippen LogP contribution in [0.1, 0.15) is 16.7 Å². The van der Waals surface area contributed by atoms with Gasteiger partial charge in [-0.05, 0) is 35.2 Å². The highest BCUT2D eigenvalue weighted by molar-refractivity contribution is 5.68. The van der Waals surface area contributed by atoms with Crippen molar-refractivity contribution >= 4 is 11.5 Å². The van der Waals surface area contributed by atoms with Crippen molar-refractivity contribution in [3.05, 3.63) is 106 Å². The molecule has 0 atom stereocenters.